The maximum atomic E-state index is 12.3. The fourth-order valence-electron chi connectivity index (χ4n) is 2.95. The molecule has 0 unspecified atom stereocenters. The monoisotopic (exact) mass is 362 g/mol. The van der Waals surface area contributed by atoms with Gasteiger partial charge >= 0.3 is 0 Å². The van der Waals surface area contributed by atoms with Crippen LogP contribution in [-0.2, 0) is 11.3 Å². The minimum absolute atomic E-state index is 0.00839. The van der Waals surface area contributed by atoms with Crippen molar-refractivity contribution < 1.29 is 9.32 Å². The Bertz CT molecular complexity index is 738. The molecule has 1 aliphatic rings. The van der Waals surface area contributed by atoms with E-state index in [0.29, 0.717) is 11.6 Å². The Balaban J connectivity index is 1.45. The van der Waals surface area contributed by atoms with Crippen LogP contribution in [0.25, 0.3) is 0 Å². The molecule has 1 amide bonds. The molecule has 1 saturated heterocycles. The topological polar surface area (TPSA) is 61.6 Å². The van der Waals surface area contributed by atoms with Crippen molar-refractivity contribution in [3.63, 3.8) is 0 Å². The third-order valence-electron chi connectivity index (χ3n) is 4.37. The maximum absolute atomic E-state index is 12.3. The van der Waals surface area contributed by atoms with Crippen molar-refractivity contribution in [1.82, 2.24) is 15.0 Å². The molecule has 2 heterocycles. The number of carbonyl (C=O) groups excluding carboxylic acids is 1. The lowest BCUT2D eigenvalue weighted by Crippen LogP contribution is -2.48. The first-order chi connectivity index (χ1) is 12.0. The van der Waals surface area contributed by atoms with Crippen LogP contribution in [0.5, 0.6) is 0 Å². The van der Waals surface area contributed by atoms with Crippen molar-refractivity contribution in [1.29, 1.82) is 0 Å². The van der Waals surface area contributed by atoms with E-state index in [-0.39, 0.29) is 5.91 Å². The summed E-state index contributed by atoms with van der Waals surface area (Å²) < 4.78 is 5.10. The van der Waals surface area contributed by atoms with Crippen molar-refractivity contribution in [2.24, 2.45) is 0 Å². The van der Waals surface area contributed by atoms with E-state index in [4.69, 9.17) is 16.1 Å². The summed E-state index contributed by atoms with van der Waals surface area (Å²) in [6.07, 6.45) is 0. The van der Waals surface area contributed by atoms with E-state index < -0.39 is 0 Å². The van der Waals surface area contributed by atoms with E-state index >= 15 is 0 Å². The number of benzene rings is 1. The summed E-state index contributed by atoms with van der Waals surface area (Å²) in [6, 6.07) is 7.48. The van der Waals surface area contributed by atoms with Crippen LogP contribution in [0.2, 0.25) is 5.02 Å². The third-order valence-corrected chi connectivity index (χ3v) is 4.60. The Morgan fingerprint density at radius 1 is 1.20 bits per heavy atom. The number of hydrogen-bond donors (Lipinski definition) is 1. The molecule has 1 fully saturated rings. The lowest BCUT2D eigenvalue weighted by atomic mass is 10.2. The number of nitrogens with one attached hydrogen (secondary N) is 1. The molecule has 134 valence electrons. The van der Waals surface area contributed by atoms with Crippen molar-refractivity contribution in [3.05, 3.63) is 46.3 Å². The molecule has 1 N–H and O–H groups in total. The normalized spacial score (nSPS) is 16.1. The zero-order valence-electron chi connectivity index (χ0n) is 14.6. The molecule has 0 saturated carbocycles. The van der Waals surface area contributed by atoms with Crippen molar-refractivity contribution in [2.45, 2.75) is 20.4 Å². The molecule has 7 heteroatoms. The fraction of sp³-hybridized carbons (Fsp3) is 0.444. The van der Waals surface area contributed by atoms with Gasteiger partial charge in [-0.25, -0.2) is 0 Å². The Morgan fingerprint density at radius 2 is 1.92 bits per heavy atom. The molecule has 0 bridgehead atoms. The molecule has 3 rings (SSSR count). The highest BCUT2D eigenvalue weighted by Crippen LogP contribution is 2.20. The van der Waals surface area contributed by atoms with Crippen LogP contribution in [0.4, 0.5) is 5.69 Å². The lowest BCUT2D eigenvalue weighted by Gasteiger charge is -2.33. The molecular weight excluding hydrogens is 340 g/mol. The molecule has 2 aromatic rings. The van der Waals surface area contributed by atoms with Gasteiger partial charge in [-0.15, -0.1) is 0 Å². The van der Waals surface area contributed by atoms with Gasteiger partial charge in [0.25, 0.3) is 0 Å². The van der Waals surface area contributed by atoms with Gasteiger partial charge in [0.1, 0.15) is 5.76 Å². The zero-order valence-corrected chi connectivity index (χ0v) is 15.3. The van der Waals surface area contributed by atoms with E-state index in [0.717, 1.165) is 55.4 Å². The van der Waals surface area contributed by atoms with E-state index in [9.17, 15) is 4.79 Å². The lowest BCUT2D eigenvalue weighted by molar-refractivity contribution is -0.117. The second-order valence-corrected chi connectivity index (χ2v) is 6.93. The average molecular weight is 363 g/mol. The average Bonchev–Trinajstić information content (AvgIpc) is 2.98. The van der Waals surface area contributed by atoms with E-state index in [2.05, 4.69) is 20.3 Å². The summed E-state index contributed by atoms with van der Waals surface area (Å²) in [6.45, 7) is 8.58. The quantitative estimate of drug-likeness (QED) is 0.886. The number of aryl methyl sites for hydroxylation is 2. The second-order valence-electron chi connectivity index (χ2n) is 6.49. The van der Waals surface area contributed by atoms with Gasteiger partial charge in [0.15, 0.2) is 0 Å². The van der Waals surface area contributed by atoms with E-state index in [1.807, 2.05) is 32.0 Å². The third kappa shape index (κ3) is 5.04. The first kappa shape index (κ1) is 17.9. The number of halogens is 1. The molecule has 25 heavy (non-hydrogen) atoms. The van der Waals surface area contributed by atoms with Crippen LogP contribution in [-0.4, -0.2) is 53.6 Å². The number of nitrogens with zero attached hydrogens (tertiary/aromatic N) is 3. The number of rotatable bonds is 5. The SMILES string of the molecule is Cc1cc(CN2CCN(CC(=O)Nc3cc(Cl)ccc3C)CC2)no1. The molecule has 0 spiro atoms. The summed E-state index contributed by atoms with van der Waals surface area (Å²) in [4.78, 5) is 16.8. The Kier molecular flexibility index (Phi) is 5.73. The number of amides is 1. The van der Waals surface area contributed by atoms with Gasteiger partial charge in [0, 0.05) is 49.5 Å². The Morgan fingerprint density at radius 3 is 2.60 bits per heavy atom. The summed E-state index contributed by atoms with van der Waals surface area (Å²) >= 11 is 6.00. The summed E-state index contributed by atoms with van der Waals surface area (Å²) in [5.41, 5.74) is 2.74. The van der Waals surface area contributed by atoms with E-state index in [1.54, 1.807) is 6.07 Å². The second kappa shape index (κ2) is 7.99. The van der Waals surface area contributed by atoms with Gasteiger partial charge in [-0.1, -0.05) is 22.8 Å². The Hall–Kier alpha value is -1.89. The highest BCUT2D eigenvalue weighted by atomic mass is 35.5. The van der Waals surface area contributed by atoms with Gasteiger partial charge < -0.3 is 9.84 Å². The number of anilines is 1. The number of carbonyl (C=O) groups is 1. The predicted octanol–water partition coefficient (Wildman–Crippen LogP) is 2.70. The van der Waals surface area contributed by atoms with Crippen LogP contribution in [0.3, 0.4) is 0 Å². The first-order valence-electron chi connectivity index (χ1n) is 8.42. The van der Waals surface area contributed by atoms with Crippen LogP contribution in [0.15, 0.2) is 28.8 Å². The van der Waals surface area contributed by atoms with Crippen molar-refractivity contribution in [2.75, 3.05) is 38.0 Å². The standard InChI is InChI=1S/C18H23ClN4O2/c1-13-3-4-15(19)10-17(13)20-18(24)12-23-7-5-22(6-8-23)11-16-9-14(2)25-21-16/h3-4,9-10H,5-8,11-12H2,1-2H3,(H,20,24). The molecule has 0 atom stereocenters. The van der Waals surface area contributed by atoms with Gasteiger partial charge in [0.2, 0.25) is 5.91 Å². The molecule has 1 aromatic heterocycles. The molecule has 0 aliphatic carbocycles. The largest absolute Gasteiger partial charge is 0.361 e. The van der Waals surface area contributed by atoms with Crippen LogP contribution in [0, 0.1) is 13.8 Å². The molecule has 1 aliphatic heterocycles. The zero-order chi connectivity index (χ0) is 17.8. The van der Waals surface area contributed by atoms with Crippen LogP contribution in [0.1, 0.15) is 17.0 Å². The highest BCUT2D eigenvalue weighted by molar-refractivity contribution is 6.31. The van der Waals surface area contributed by atoms with Gasteiger partial charge in [0.05, 0.1) is 12.2 Å². The van der Waals surface area contributed by atoms with Crippen LogP contribution < -0.4 is 5.32 Å². The number of aromatic nitrogens is 1. The first-order valence-corrected chi connectivity index (χ1v) is 8.80. The summed E-state index contributed by atoms with van der Waals surface area (Å²) in [7, 11) is 0. The molecule has 6 nitrogen and oxygen atoms in total. The minimum Gasteiger partial charge on any atom is -0.361 e. The summed E-state index contributed by atoms with van der Waals surface area (Å²) in [5.74, 6) is 0.826. The van der Waals surface area contributed by atoms with Gasteiger partial charge in [-0.05, 0) is 31.5 Å². The smallest absolute Gasteiger partial charge is 0.238 e. The van der Waals surface area contributed by atoms with E-state index in [1.165, 1.54) is 0 Å². The van der Waals surface area contributed by atoms with Crippen molar-refractivity contribution >= 4 is 23.2 Å². The maximum Gasteiger partial charge on any atom is 0.238 e. The fourth-order valence-corrected chi connectivity index (χ4v) is 3.12. The number of hydrogen-bond acceptors (Lipinski definition) is 5. The van der Waals surface area contributed by atoms with Gasteiger partial charge in [-0.2, -0.15) is 0 Å². The Labute approximate surface area is 152 Å². The van der Waals surface area contributed by atoms with Gasteiger partial charge in [-0.3, -0.25) is 14.6 Å². The van der Waals surface area contributed by atoms with Crippen LogP contribution >= 0.6 is 11.6 Å². The predicted molar refractivity (Wildman–Crippen MR) is 97.8 cm³/mol. The molecule has 0 radical (unpaired) electrons. The van der Waals surface area contributed by atoms with Crippen molar-refractivity contribution in [3.8, 4) is 0 Å². The highest BCUT2D eigenvalue weighted by Gasteiger charge is 2.20. The molecular formula is C18H23ClN4O2. The summed E-state index contributed by atoms with van der Waals surface area (Å²) in [5, 5.41) is 7.61. The number of piperazine rings is 1. The minimum atomic E-state index is -0.00839. The molecule has 1 aromatic carbocycles.